The van der Waals surface area contributed by atoms with E-state index in [1.165, 1.54) is 11.1 Å². The molecule has 6 nitrogen and oxygen atoms in total. The molecule has 1 aliphatic rings. The zero-order valence-corrected chi connectivity index (χ0v) is 11.7. The fraction of sp³-hybridized carbons (Fsp3) is 0.267. The second-order valence-electron chi connectivity index (χ2n) is 5.42. The van der Waals surface area contributed by atoms with Crippen molar-refractivity contribution in [2.24, 2.45) is 7.05 Å². The maximum Gasteiger partial charge on any atom is 0.163 e. The highest BCUT2D eigenvalue weighted by Crippen LogP contribution is 2.35. The van der Waals surface area contributed by atoms with E-state index in [1.54, 1.807) is 17.2 Å². The standard InChI is InChI=1S/C15H16N6/c1-21-15-12(7-19-21)14(17-8-18-15)20-13-5-2-9-6-10(16)3-4-11(9)13/h3-4,6-8,13H,2,5,16H2,1H3,(H,17,18,20). The Hall–Kier alpha value is -2.63. The summed E-state index contributed by atoms with van der Waals surface area (Å²) in [6, 6.07) is 6.39. The Bertz CT molecular complexity index is 822. The van der Waals surface area contributed by atoms with Crippen LogP contribution in [0.5, 0.6) is 0 Å². The molecule has 0 radical (unpaired) electrons. The van der Waals surface area contributed by atoms with Gasteiger partial charge in [-0.05, 0) is 36.1 Å². The van der Waals surface area contributed by atoms with Gasteiger partial charge in [0.25, 0.3) is 0 Å². The average Bonchev–Trinajstić information content (AvgIpc) is 3.04. The first-order chi connectivity index (χ1) is 10.2. The SMILES string of the molecule is Cn1ncc2c(NC3CCc4cc(N)ccc43)ncnc21. The first-order valence-corrected chi connectivity index (χ1v) is 7.00. The van der Waals surface area contributed by atoms with E-state index in [0.29, 0.717) is 0 Å². The molecule has 4 rings (SSSR count). The number of anilines is 2. The van der Waals surface area contributed by atoms with Crippen LogP contribution in [0.2, 0.25) is 0 Å². The second kappa shape index (κ2) is 4.44. The summed E-state index contributed by atoms with van der Waals surface area (Å²) in [6.07, 6.45) is 5.46. The minimum Gasteiger partial charge on any atom is -0.399 e. The lowest BCUT2D eigenvalue weighted by Crippen LogP contribution is -2.09. The smallest absolute Gasteiger partial charge is 0.163 e. The Balaban J connectivity index is 1.71. The van der Waals surface area contributed by atoms with E-state index >= 15 is 0 Å². The number of hydrogen-bond acceptors (Lipinski definition) is 5. The third kappa shape index (κ3) is 1.91. The van der Waals surface area contributed by atoms with Gasteiger partial charge < -0.3 is 11.1 Å². The molecule has 0 saturated carbocycles. The minimum atomic E-state index is 0.263. The van der Waals surface area contributed by atoms with Gasteiger partial charge in [0.05, 0.1) is 17.6 Å². The Morgan fingerprint density at radius 1 is 1.33 bits per heavy atom. The summed E-state index contributed by atoms with van der Waals surface area (Å²) in [5, 5.41) is 8.72. The van der Waals surface area contributed by atoms with Gasteiger partial charge in [-0.3, -0.25) is 4.68 Å². The van der Waals surface area contributed by atoms with E-state index in [1.807, 2.05) is 13.1 Å². The molecule has 6 heteroatoms. The van der Waals surface area contributed by atoms with Gasteiger partial charge in [0, 0.05) is 12.7 Å². The molecule has 3 aromatic rings. The lowest BCUT2D eigenvalue weighted by molar-refractivity contribution is 0.757. The van der Waals surface area contributed by atoms with E-state index < -0.39 is 0 Å². The van der Waals surface area contributed by atoms with Crippen molar-refractivity contribution in [1.82, 2.24) is 19.7 Å². The highest BCUT2D eigenvalue weighted by Gasteiger charge is 2.23. The van der Waals surface area contributed by atoms with Gasteiger partial charge in [0.15, 0.2) is 5.65 Å². The largest absolute Gasteiger partial charge is 0.399 e. The third-order valence-corrected chi connectivity index (χ3v) is 4.09. The summed E-state index contributed by atoms with van der Waals surface area (Å²) in [7, 11) is 1.88. The number of rotatable bonds is 2. The topological polar surface area (TPSA) is 81.7 Å². The molecule has 0 saturated heterocycles. The summed E-state index contributed by atoms with van der Waals surface area (Å²) in [4.78, 5) is 8.64. The van der Waals surface area contributed by atoms with Gasteiger partial charge in [0.1, 0.15) is 12.1 Å². The molecular formula is C15H16N6. The third-order valence-electron chi connectivity index (χ3n) is 4.09. The molecule has 0 fully saturated rings. The molecule has 2 aromatic heterocycles. The molecular weight excluding hydrogens is 264 g/mol. The highest BCUT2D eigenvalue weighted by molar-refractivity contribution is 5.86. The van der Waals surface area contributed by atoms with Crippen molar-refractivity contribution in [2.75, 3.05) is 11.1 Å². The number of hydrogen-bond donors (Lipinski definition) is 2. The molecule has 1 unspecified atom stereocenters. The Labute approximate surface area is 122 Å². The molecule has 1 aliphatic carbocycles. The predicted molar refractivity (Wildman–Crippen MR) is 81.8 cm³/mol. The lowest BCUT2D eigenvalue weighted by Gasteiger charge is -2.15. The zero-order valence-electron chi connectivity index (χ0n) is 11.7. The Morgan fingerprint density at radius 2 is 2.24 bits per heavy atom. The van der Waals surface area contributed by atoms with Gasteiger partial charge in [-0.15, -0.1) is 0 Å². The van der Waals surface area contributed by atoms with Crippen molar-refractivity contribution in [3.63, 3.8) is 0 Å². The first kappa shape index (κ1) is 12.1. The summed E-state index contributed by atoms with van der Waals surface area (Å²) >= 11 is 0. The van der Waals surface area contributed by atoms with E-state index in [2.05, 4.69) is 32.5 Å². The van der Waals surface area contributed by atoms with Gasteiger partial charge in [-0.25, -0.2) is 9.97 Å². The molecule has 3 N–H and O–H groups in total. The van der Waals surface area contributed by atoms with Crippen LogP contribution in [0, 0.1) is 0 Å². The van der Waals surface area contributed by atoms with Crippen LogP contribution in [-0.4, -0.2) is 19.7 Å². The molecule has 0 bridgehead atoms. The van der Waals surface area contributed by atoms with Gasteiger partial charge in [0.2, 0.25) is 0 Å². The quantitative estimate of drug-likeness (QED) is 0.702. The molecule has 0 aliphatic heterocycles. The number of nitrogens with one attached hydrogen (secondary N) is 1. The predicted octanol–water partition coefficient (Wildman–Crippen LogP) is 2.04. The maximum atomic E-state index is 5.85. The monoisotopic (exact) mass is 280 g/mol. The van der Waals surface area contributed by atoms with Gasteiger partial charge >= 0.3 is 0 Å². The molecule has 0 spiro atoms. The molecule has 106 valence electrons. The van der Waals surface area contributed by atoms with Crippen molar-refractivity contribution >= 4 is 22.5 Å². The van der Waals surface area contributed by atoms with Crippen LogP contribution >= 0.6 is 0 Å². The van der Waals surface area contributed by atoms with Crippen molar-refractivity contribution in [1.29, 1.82) is 0 Å². The van der Waals surface area contributed by atoms with E-state index in [9.17, 15) is 0 Å². The zero-order chi connectivity index (χ0) is 14.4. The number of nitrogen functional groups attached to an aromatic ring is 1. The highest BCUT2D eigenvalue weighted by atomic mass is 15.3. The number of aryl methyl sites for hydroxylation is 2. The first-order valence-electron chi connectivity index (χ1n) is 7.00. The van der Waals surface area contributed by atoms with Crippen LogP contribution in [0.1, 0.15) is 23.6 Å². The van der Waals surface area contributed by atoms with Crippen LogP contribution in [-0.2, 0) is 13.5 Å². The molecule has 2 heterocycles. The fourth-order valence-corrected chi connectivity index (χ4v) is 3.03. The van der Waals surface area contributed by atoms with Crippen LogP contribution in [0.25, 0.3) is 11.0 Å². The number of aromatic nitrogens is 4. The fourth-order valence-electron chi connectivity index (χ4n) is 3.03. The molecule has 0 amide bonds. The number of fused-ring (bicyclic) bond motifs is 2. The maximum absolute atomic E-state index is 5.85. The summed E-state index contributed by atoms with van der Waals surface area (Å²) in [6.45, 7) is 0. The van der Waals surface area contributed by atoms with E-state index in [4.69, 9.17) is 5.73 Å². The molecule has 21 heavy (non-hydrogen) atoms. The molecule has 1 atom stereocenters. The van der Waals surface area contributed by atoms with Crippen molar-refractivity contribution < 1.29 is 0 Å². The van der Waals surface area contributed by atoms with Crippen molar-refractivity contribution in [3.05, 3.63) is 41.9 Å². The summed E-state index contributed by atoms with van der Waals surface area (Å²) < 4.78 is 1.76. The van der Waals surface area contributed by atoms with Crippen LogP contribution in [0.4, 0.5) is 11.5 Å². The normalized spacial score (nSPS) is 17.1. The molecule has 1 aromatic carbocycles. The summed E-state index contributed by atoms with van der Waals surface area (Å²) in [5.41, 5.74) is 10.1. The van der Waals surface area contributed by atoms with Crippen LogP contribution in [0.15, 0.2) is 30.7 Å². The Kier molecular flexibility index (Phi) is 2.57. The van der Waals surface area contributed by atoms with Gasteiger partial charge in [-0.2, -0.15) is 5.10 Å². The number of benzene rings is 1. The average molecular weight is 280 g/mol. The number of nitrogens with two attached hydrogens (primary N) is 1. The van der Waals surface area contributed by atoms with Crippen LogP contribution < -0.4 is 11.1 Å². The van der Waals surface area contributed by atoms with Crippen LogP contribution in [0.3, 0.4) is 0 Å². The van der Waals surface area contributed by atoms with Crippen molar-refractivity contribution in [3.8, 4) is 0 Å². The minimum absolute atomic E-state index is 0.263. The summed E-state index contributed by atoms with van der Waals surface area (Å²) in [5.74, 6) is 0.836. The van der Waals surface area contributed by atoms with Gasteiger partial charge in [-0.1, -0.05) is 6.07 Å². The van der Waals surface area contributed by atoms with Crippen molar-refractivity contribution in [2.45, 2.75) is 18.9 Å². The van der Waals surface area contributed by atoms with E-state index in [0.717, 1.165) is 35.4 Å². The Morgan fingerprint density at radius 3 is 3.14 bits per heavy atom. The lowest BCUT2D eigenvalue weighted by atomic mass is 10.1. The van der Waals surface area contributed by atoms with E-state index in [-0.39, 0.29) is 6.04 Å². The number of nitrogens with zero attached hydrogens (tertiary/aromatic N) is 4. The second-order valence-corrected chi connectivity index (χ2v) is 5.42.